The van der Waals surface area contributed by atoms with E-state index in [0.29, 0.717) is 12.6 Å². The van der Waals surface area contributed by atoms with Crippen LogP contribution < -0.4 is 15.4 Å². The van der Waals surface area contributed by atoms with Gasteiger partial charge in [-0.2, -0.15) is 0 Å². The Morgan fingerprint density at radius 2 is 2.14 bits per heavy atom. The van der Waals surface area contributed by atoms with Crippen molar-refractivity contribution in [2.24, 2.45) is 4.99 Å². The summed E-state index contributed by atoms with van der Waals surface area (Å²) in [5.74, 6) is 1.79. The van der Waals surface area contributed by atoms with Crippen molar-refractivity contribution in [2.45, 2.75) is 45.2 Å². The minimum Gasteiger partial charge on any atom is -0.508 e. The van der Waals surface area contributed by atoms with E-state index >= 15 is 0 Å². The first-order valence-corrected chi connectivity index (χ1v) is 7.63. The van der Waals surface area contributed by atoms with Crippen molar-refractivity contribution in [1.82, 2.24) is 10.6 Å². The zero-order valence-electron chi connectivity index (χ0n) is 12.9. The second kappa shape index (κ2) is 7.76. The molecule has 116 valence electrons. The summed E-state index contributed by atoms with van der Waals surface area (Å²) in [7, 11) is 1.62. The summed E-state index contributed by atoms with van der Waals surface area (Å²) in [5, 5.41) is 16.6. The molecule has 0 saturated heterocycles. The van der Waals surface area contributed by atoms with Gasteiger partial charge >= 0.3 is 0 Å². The molecule has 1 saturated carbocycles. The van der Waals surface area contributed by atoms with Crippen LogP contribution in [0.25, 0.3) is 0 Å². The fourth-order valence-corrected chi connectivity index (χ4v) is 2.56. The first-order valence-electron chi connectivity index (χ1n) is 7.63. The second-order valence-corrected chi connectivity index (χ2v) is 5.32. The largest absolute Gasteiger partial charge is 0.508 e. The van der Waals surface area contributed by atoms with E-state index < -0.39 is 0 Å². The lowest BCUT2D eigenvalue weighted by Gasteiger charge is -2.16. The number of methoxy groups -OCH3 is 1. The maximum Gasteiger partial charge on any atom is 0.191 e. The number of guanidine groups is 1. The molecule has 0 aromatic heterocycles. The summed E-state index contributed by atoms with van der Waals surface area (Å²) in [6.45, 7) is 3.29. The zero-order chi connectivity index (χ0) is 15.1. The van der Waals surface area contributed by atoms with Crippen molar-refractivity contribution < 1.29 is 9.84 Å². The number of ether oxygens (including phenoxy) is 1. The second-order valence-electron chi connectivity index (χ2n) is 5.32. The molecule has 21 heavy (non-hydrogen) atoms. The predicted molar refractivity (Wildman–Crippen MR) is 84.9 cm³/mol. The number of aromatic hydroxyl groups is 1. The standard InChI is InChI=1S/C16H25N3O2/c1-3-17-16(19-13-6-4-5-7-13)18-11-12-10-14(21-2)8-9-15(12)20/h8-10,13,20H,3-7,11H2,1-2H3,(H2,17,18,19). The number of phenols is 1. The highest BCUT2D eigenvalue weighted by molar-refractivity contribution is 5.80. The van der Waals surface area contributed by atoms with Crippen molar-refractivity contribution >= 4 is 5.96 Å². The number of nitrogens with one attached hydrogen (secondary N) is 2. The first-order chi connectivity index (χ1) is 10.2. The fraction of sp³-hybridized carbons (Fsp3) is 0.562. The molecular formula is C16H25N3O2. The topological polar surface area (TPSA) is 65.9 Å². The van der Waals surface area contributed by atoms with Crippen LogP contribution in [0.1, 0.15) is 38.2 Å². The molecule has 1 aromatic rings. The predicted octanol–water partition coefficient (Wildman–Crippen LogP) is 2.40. The van der Waals surface area contributed by atoms with Gasteiger partial charge in [-0.15, -0.1) is 0 Å². The molecule has 0 spiro atoms. The van der Waals surface area contributed by atoms with Gasteiger partial charge in [0, 0.05) is 18.2 Å². The van der Waals surface area contributed by atoms with Crippen LogP contribution in [0.4, 0.5) is 0 Å². The average Bonchev–Trinajstić information content (AvgIpc) is 2.99. The van der Waals surface area contributed by atoms with E-state index in [1.807, 2.05) is 6.07 Å². The lowest BCUT2D eigenvalue weighted by molar-refractivity contribution is 0.411. The van der Waals surface area contributed by atoms with E-state index in [-0.39, 0.29) is 5.75 Å². The third-order valence-corrected chi connectivity index (χ3v) is 3.73. The number of hydrogen-bond acceptors (Lipinski definition) is 3. The van der Waals surface area contributed by atoms with Gasteiger partial charge in [-0.25, -0.2) is 4.99 Å². The monoisotopic (exact) mass is 291 g/mol. The Morgan fingerprint density at radius 1 is 1.38 bits per heavy atom. The van der Waals surface area contributed by atoms with Gasteiger partial charge in [-0.05, 0) is 38.0 Å². The van der Waals surface area contributed by atoms with Crippen molar-refractivity contribution in [3.63, 3.8) is 0 Å². The highest BCUT2D eigenvalue weighted by atomic mass is 16.5. The SMILES string of the molecule is CCNC(=NCc1cc(OC)ccc1O)NC1CCCC1. The van der Waals surface area contributed by atoms with Crippen LogP contribution >= 0.6 is 0 Å². The number of nitrogens with zero attached hydrogens (tertiary/aromatic N) is 1. The molecule has 5 heteroatoms. The molecule has 1 aromatic carbocycles. The lowest BCUT2D eigenvalue weighted by atomic mass is 10.2. The summed E-state index contributed by atoms with van der Waals surface area (Å²) < 4.78 is 5.18. The number of phenolic OH excluding ortho intramolecular Hbond substituents is 1. The van der Waals surface area contributed by atoms with E-state index in [1.54, 1.807) is 19.2 Å². The fourth-order valence-electron chi connectivity index (χ4n) is 2.56. The van der Waals surface area contributed by atoms with E-state index in [0.717, 1.165) is 23.8 Å². The first kappa shape index (κ1) is 15.5. The van der Waals surface area contributed by atoms with E-state index in [9.17, 15) is 5.11 Å². The third kappa shape index (κ3) is 4.55. The Balaban J connectivity index is 2.03. The van der Waals surface area contributed by atoms with Crippen molar-refractivity contribution in [3.8, 4) is 11.5 Å². The number of benzene rings is 1. The minimum absolute atomic E-state index is 0.247. The van der Waals surface area contributed by atoms with Crippen molar-refractivity contribution in [1.29, 1.82) is 0 Å². The zero-order valence-corrected chi connectivity index (χ0v) is 12.9. The van der Waals surface area contributed by atoms with Crippen molar-refractivity contribution in [2.75, 3.05) is 13.7 Å². The van der Waals surface area contributed by atoms with Gasteiger partial charge in [-0.1, -0.05) is 12.8 Å². The summed E-state index contributed by atoms with van der Waals surface area (Å²) >= 11 is 0. The van der Waals surface area contributed by atoms with Crippen LogP contribution in [-0.4, -0.2) is 30.8 Å². The molecular weight excluding hydrogens is 266 g/mol. The summed E-state index contributed by atoms with van der Waals surface area (Å²) in [5.41, 5.74) is 0.762. The average molecular weight is 291 g/mol. The summed E-state index contributed by atoms with van der Waals surface area (Å²) in [6, 6.07) is 5.71. The summed E-state index contributed by atoms with van der Waals surface area (Å²) in [4.78, 5) is 4.56. The third-order valence-electron chi connectivity index (χ3n) is 3.73. The minimum atomic E-state index is 0.247. The van der Waals surface area contributed by atoms with E-state index in [4.69, 9.17) is 4.74 Å². The van der Waals surface area contributed by atoms with Crippen LogP contribution in [-0.2, 0) is 6.54 Å². The van der Waals surface area contributed by atoms with Gasteiger partial charge in [-0.3, -0.25) is 0 Å². The molecule has 0 aliphatic heterocycles. The van der Waals surface area contributed by atoms with Gasteiger partial charge in [0.2, 0.25) is 0 Å². The maximum absolute atomic E-state index is 9.89. The molecule has 0 unspecified atom stereocenters. The quantitative estimate of drug-likeness (QED) is 0.576. The van der Waals surface area contributed by atoms with Crippen LogP contribution in [0, 0.1) is 0 Å². The molecule has 1 aliphatic rings. The molecule has 0 radical (unpaired) electrons. The number of rotatable bonds is 5. The molecule has 1 fully saturated rings. The van der Waals surface area contributed by atoms with Gasteiger partial charge in [0.15, 0.2) is 5.96 Å². The van der Waals surface area contributed by atoms with Crippen LogP contribution in [0.3, 0.4) is 0 Å². The Hall–Kier alpha value is -1.91. The summed E-state index contributed by atoms with van der Waals surface area (Å²) in [6.07, 6.45) is 4.98. The van der Waals surface area contributed by atoms with Crippen LogP contribution in [0.5, 0.6) is 11.5 Å². The van der Waals surface area contributed by atoms with Crippen molar-refractivity contribution in [3.05, 3.63) is 23.8 Å². The van der Waals surface area contributed by atoms with Gasteiger partial charge in [0.1, 0.15) is 11.5 Å². The highest BCUT2D eigenvalue weighted by Crippen LogP contribution is 2.23. The Morgan fingerprint density at radius 3 is 2.81 bits per heavy atom. The molecule has 2 rings (SSSR count). The normalized spacial score (nSPS) is 16.0. The Bertz CT molecular complexity index is 482. The molecule has 0 amide bonds. The number of hydrogen-bond donors (Lipinski definition) is 3. The molecule has 0 heterocycles. The lowest BCUT2D eigenvalue weighted by Crippen LogP contribution is -2.42. The smallest absolute Gasteiger partial charge is 0.191 e. The molecule has 3 N–H and O–H groups in total. The Kier molecular flexibility index (Phi) is 5.72. The molecule has 1 aliphatic carbocycles. The highest BCUT2D eigenvalue weighted by Gasteiger charge is 2.15. The van der Waals surface area contributed by atoms with E-state index in [1.165, 1.54) is 25.7 Å². The van der Waals surface area contributed by atoms with E-state index in [2.05, 4.69) is 22.5 Å². The van der Waals surface area contributed by atoms with Crippen LogP contribution in [0.15, 0.2) is 23.2 Å². The molecule has 5 nitrogen and oxygen atoms in total. The number of aliphatic imine (C=N–C) groups is 1. The Labute approximate surface area is 126 Å². The molecule has 0 bridgehead atoms. The molecule has 0 atom stereocenters. The van der Waals surface area contributed by atoms with Gasteiger partial charge in [0.05, 0.1) is 13.7 Å². The van der Waals surface area contributed by atoms with Crippen LogP contribution in [0.2, 0.25) is 0 Å². The van der Waals surface area contributed by atoms with Gasteiger partial charge < -0.3 is 20.5 Å². The maximum atomic E-state index is 9.89. The van der Waals surface area contributed by atoms with Gasteiger partial charge in [0.25, 0.3) is 0 Å².